The molecule has 0 bridgehead atoms. The number of hydrogen-bond donors (Lipinski definition) is 0. The molecule has 1 aliphatic heterocycles. The number of furan rings is 1. The van der Waals surface area contributed by atoms with Crippen LogP contribution in [-0.2, 0) is 6.54 Å². The number of nitriles is 1. The minimum absolute atomic E-state index is 0.350. The van der Waals surface area contributed by atoms with Gasteiger partial charge in [0, 0.05) is 26.2 Å². The van der Waals surface area contributed by atoms with Crippen molar-refractivity contribution in [2.45, 2.75) is 25.9 Å². The second kappa shape index (κ2) is 4.91. The van der Waals surface area contributed by atoms with Gasteiger partial charge >= 0.3 is 0 Å². The van der Waals surface area contributed by atoms with Crippen molar-refractivity contribution in [2.75, 3.05) is 26.2 Å². The van der Waals surface area contributed by atoms with Crippen LogP contribution in [0.4, 0.5) is 0 Å². The molecule has 1 aromatic heterocycles. The van der Waals surface area contributed by atoms with Crippen molar-refractivity contribution < 1.29 is 4.42 Å². The van der Waals surface area contributed by atoms with Crippen LogP contribution in [-0.4, -0.2) is 41.5 Å². The molecule has 92 valence electrons. The summed E-state index contributed by atoms with van der Waals surface area (Å²) in [5.74, 6) is 1.01. The maximum Gasteiger partial charge on any atom is 0.117 e. The first-order valence-electron chi connectivity index (χ1n) is 6.03. The molecule has 0 amide bonds. The third kappa shape index (κ3) is 2.87. The van der Waals surface area contributed by atoms with Crippen LogP contribution >= 0.6 is 0 Å². The van der Waals surface area contributed by atoms with Gasteiger partial charge < -0.3 is 4.42 Å². The minimum atomic E-state index is -0.350. The Morgan fingerprint density at radius 3 is 2.59 bits per heavy atom. The summed E-state index contributed by atoms with van der Waals surface area (Å²) >= 11 is 0. The molecule has 1 aromatic rings. The zero-order chi connectivity index (χ0) is 12.3. The average Bonchev–Trinajstić information content (AvgIpc) is 2.83. The number of nitrogens with zero attached hydrogens (tertiary/aromatic N) is 3. The third-order valence-corrected chi connectivity index (χ3v) is 3.40. The molecule has 2 heterocycles. The molecular weight excluding hydrogens is 214 g/mol. The highest BCUT2D eigenvalue weighted by Gasteiger charge is 2.29. The van der Waals surface area contributed by atoms with E-state index in [9.17, 15) is 0 Å². The number of piperazine rings is 1. The average molecular weight is 233 g/mol. The van der Waals surface area contributed by atoms with E-state index in [1.54, 1.807) is 6.26 Å². The van der Waals surface area contributed by atoms with E-state index in [4.69, 9.17) is 9.68 Å². The van der Waals surface area contributed by atoms with Gasteiger partial charge in [0.1, 0.15) is 11.3 Å². The standard InChI is InChI=1S/C13H19N3O/c1-13(2,11-14)16-7-5-15(6-8-16)10-12-4-3-9-17-12/h3-4,9H,5-8,10H2,1-2H3. The molecule has 4 nitrogen and oxygen atoms in total. The van der Waals surface area contributed by atoms with E-state index in [1.165, 1.54) is 0 Å². The summed E-state index contributed by atoms with van der Waals surface area (Å²) in [5.41, 5.74) is -0.350. The van der Waals surface area contributed by atoms with E-state index < -0.39 is 0 Å². The van der Waals surface area contributed by atoms with Gasteiger partial charge in [0.05, 0.1) is 18.9 Å². The van der Waals surface area contributed by atoms with E-state index in [-0.39, 0.29) is 5.54 Å². The number of hydrogen-bond acceptors (Lipinski definition) is 4. The van der Waals surface area contributed by atoms with Gasteiger partial charge in [0.15, 0.2) is 0 Å². The van der Waals surface area contributed by atoms with Crippen LogP contribution in [0.15, 0.2) is 22.8 Å². The van der Waals surface area contributed by atoms with Gasteiger partial charge in [0.25, 0.3) is 0 Å². The Balaban J connectivity index is 1.85. The predicted molar refractivity (Wildman–Crippen MR) is 65.3 cm³/mol. The van der Waals surface area contributed by atoms with Crippen molar-refractivity contribution >= 4 is 0 Å². The minimum Gasteiger partial charge on any atom is -0.468 e. The molecule has 1 fully saturated rings. The molecule has 1 saturated heterocycles. The lowest BCUT2D eigenvalue weighted by atomic mass is 10.0. The third-order valence-electron chi connectivity index (χ3n) is 3.40. The van der Waals surface area contributed by atoms with Gasteiger partial charge in [0.2, 0.25) is 0 Å². The quantitative estimate of drug-likeness (QED) is 0.797. The van der Waals surface area contributed by atoms with Crippen molar-refractivity contribution in [1.29, 1.82) is 5.26 Å². The van der Waals surface area contributed by atoms with Crippen molar-refractivity contribution in [2.24, 2.45) is 0 Å². The SMILES string of the molecule is CC(C)(C#N)N1CCN(Cc2ccco2)CC1. The highest BCUT2D eigenvalue weighted by atomic mass is 16.3. The lowest BCUT2D eigenvalue weighted by Gasteiger charge is -2.40. The molecule has 0 saturated carbocycles. The fourth-order valence-corrected chi connectivity index (χ4v) is 2.16. The molecule has 0 spiro atoms. The molecule has 0 unspecified atom stereocenters. The molecule has 17 heavy (non-hydrogen) atoms. The zero-order valence-electron chi connectivity index (χ0n) is 10.5. The summed E-state index contributed by atoms with van der Waals surface area (Å²) in [7, 11) is 0. The van der Waals surface area contributed by atoms with Crippen LogP contribution in [0.25, 0.3) is 0 Å². The summed E-state index contributed by atoms with van der Waals surface area (Å²) in [6.45, 7) is 8.71. The first kappa shape index (κ1) is 12.2. The Kier molecular flexibility index (Phi) is 3.51. The summed E-state index contributed by atoms with van der Waals surface area (Å²) in [5, 5.41) is 9.10. The highest BCUT2D eigenvalue weighted by Crippen LogP contribution is 2.17. The van der Waals surface area contributed by atoms with Crippen LogP contribution in [0.5, 0.6) is 0 Å². The normalized spacial score (nSPS) is 19.1. The molecule has 4 heteroatoms. The fourth-order valence-electron chi connectivity index (χ4n) is 2.16. The van der Waals surface area contributed by atoms with E-state index >= 15 is 0 Å². The first-order chi connectivity index (χ1) is 8.12. The Morgan fingerprint density at radius 2 is 2.06 bits per heavy atom. The molecule has 0 aromatic carbocycles. The molecule has 0 aliphatic carbocycles. The number of rotatable bonds is 3. The maximum atomic E-state index is 9.10. The Hall–Kier alpha value is -1.31. The van der Waals surface area contributed by atoms with E-state index in [2.05, 4.69) is 15.9 Å². The van der Waals surface area contributed by atoms with Gasteiger partial charge in [-0.05, 0) is 26.0 Å². The van der Waals surface area contributed by atoms with Crippen molar-refractivity contribution in [3.63, 3.8) is 0 Å². The van der Waals surface area contributed by atoms with Crippen molar-refractivity contribution in [1.82, 2.24) is 9.80 Å². The monoisotopic (exact) mass is 233 g/mol. The highest BCUT2D eigenvalue weighted by molar-refractivity contribution is 5.03. The lowest BCUT2D eigenvalue weighted by Crippen LogP contribution is -2.53. The lowest BCUT2D eigenvalue weighted by molar-refractivity contribution is 0.0729. The topological polar surface area (TPSA) is 43.4 Å². The molecule has 0 radical (unpaired) electrons. The summed E-state index contributed by atoms with van der Waals surface area (Å²) in [6, 6.07) is 6.29. The summed E-state index contributed by atoms with van der Waals surface area (Å²) in [4.78, 5) is 4.61. The molecule has 2 rings (SSSR count). The second-order valence-corrected chi connectivity index (χ2v) is 5.01. The summed E-state index contributed by atoms with van der Waals surface area (Å²) < 4.78 is 5.34. The smallest absolute Gasteiger partial charge is 0.117 e. The van der Waals surface area contributed by atoms with Crippen LogP contribution in [0.2, 0.25) is 0 Å². The molecule has 0 N–H and O–H groups in total. The molecule has 1 aliphatic rings. The van der Waals surface area contributed by atoms with Gasteiger partial charge in [-0.2, -0.15) is 5.26 Å². The zero-order valence-corrected chi connectivity index (χ0v) is 10.5. The van der Waals surface area contributed by atoms with Crippen molar-refractivity contribution in [3.8, 4) is 6.07 Å². The maximum absolute atomic E-state index is 9.10. The molecule has 0 atom stereocenters. The Bertz CT molecular complexity index is 383. The van der Waals surface area contributed by atoms with Gasteiger partial charge in [-0.3, -0.25) is 9.80 Å². The second-order valence-electron chi connectivity index (χ2n) is 5.01. The van der Waals surface area contributed by atoms with Crippen molar-refractivity contribution in [3.05, 3.63) is 24.2 Å². The first-order valence-corrected chi connectivity index (χ1v) is 6.03. The Labute approximate surface area is 102 Å². The Morgan fingerprint density at radius 1 is 1.35 bits per heavy atom. The molecular formula is C13H19N3O. The van der Waals surface area contributed by atoms with Gasteiger partial charge in [-0.15, -0.1) is 0 Å². The van der Waals surface area contributed by atoms with E-state index in [0.717, 1.165) is 38.5 Å². The summed E-state index contributed by atoms with van der Waals surface area (Å²) in [6.07, 6.45) is 1.71. The fraction of sp³-hybridized carbons (Fsp3) is 0.615. The van der Waals surface area contributed by atoms with Gasteiger partial charge in [-0.1, -0.05) is 0 Å². The van der Waals surface area contributed by atoms with E-state index in [1.807, 2.05) is 26.0 Å². The predicted octanol–water partition coefficient (Wildman–Crippen LogP) is 1.70. The van der Waals surface area contributed by atoms with E-state index in [0.29, 0.717) is 0 Å². The van der Waals surface area contributed by atoms with Gasteiger partial charge in [-0.25, -0.2) is 0 Å². The van der Waals surface area contributed by atoms with Crippen LogP contribution in [0.3, 0.4) is 0 Å². The van der Waals surface area contributed by atoms with Crippen LogP contribution in [0, 0.1) is 11.3 Å². The van der Waals surface area contributed by atoms with Crippen LogP contribution in [0.1, 0.15) is 19.6 Å². The van der Waals surface area contributed by atoms with Crippen LogP contribution < -0.4 is 0 Å². The largest absolute Gasteiger partial charge is 0.468 e.